The molecule has 0 aliphatic carbocycles. The minimum absolute atomic E-state index is 0.259. The van der Waals surface area contributed by atoms with Crippen LogP contribution >= 0.6 is 0 Å². The van der Waals surface area contributed by atoms with E-state index in [0.29, 0.717) is 71.6 Å². The van der Waals surface area contributed by atoms with Crippen molar-refractivity contribution >= 4 is 46.1 Å². The van der Waals surface area contributed by atoms with Gasteiger partial charge in [0.25, 0.3) is 5.91 Å². The molecule has 4 aromatic rings. The number of amides is 3. The van der Waals surface area contributed by atoms with Crippen molar-refractivity contribution in [1.82, 2.24) is 24.2 Å². The van der Waals surface area contributed by atoms with E-state index in [1.54, 1.807) is 35.0 Å². The van der Waals surface area contributed by atoms with Gasteiger partial charge in [0.2, 0.25) is 17.8 Å². The fraction of sp³-hybridized carbons (Fsp3) is 0.364. The van der Waals surface area contributed by atoms with Gasteiger partial charge in [0.1, 0.15) is 17.1 Å². The van der Waals surface area contributed by atoms with Crippen molar-refractivity contribution in [3.05, 3.63) is 71.1 Å². The molecule has 0 radical (unpaired) electrons. The van der Waals surface area contributed by atoms with Gasteiger partial charge in [0, 0.05) is 50.4 Å². The summed E-state index contributed by atoms with van der Waals surface area (Å²) >= 11 is 0. The molecule has 15 nitrogen and oxygen atoms in total. The van der Waals surface area contributed by atoms with Gasteiger partial charge in [-0.25, -0.2) is 4.98 Å². The number of nitrogens with zero attached hydrogens (tertiary/aromatic N) is 5. The highest BCUT2D eigenvalue weighted by atomic mass is 16.5. The third-order valence-electron chi connectivity index (χ3n) is 7.94. The van der Waals surface area contributed by atoms with Crippen molar-refractivity contribution in [3.8, 4) is 5.75 Å². The minimum Gasteiger partial charge on any atom is -0.491 e. The summed E-state index contributed by atoms with van der Waals surface area (Å²) in [5.41, 5.74) is 21.1. The normalized spacial score (nSPS) is 13.6. The summed E-state index contributed by atoms with van der Waals surface area (Å²) in [6.45, 7) is 9.53. The van der Waals surface area contributed by atoms with E-state index in [1.807, 2.05) is 30.6 Å². The number of fused-ring (bicyclic) bond motifs is 1. The van der Waals surface area contributed by atoms with Crippen LogP contribution in [-0.4, -0.2) is 88.0 Å². The Bertz CT molecular complexity index is 1820. The Morgan fingerprint density at radius 2 is 1.81 bits per heavy atom. The van der Waals surface area contributed by atoms with E-state index in [9.17, 15) is 14.4 Å². The summed E-state index contributed by atoms with van der Waals surface area (Å²) < 4.78 is 14.9. The Hall–Kier alpha value is -5.41. The molecule has 1 aliphatic heterocycles. The lowest BCUT2D eigenvalue weighted by Crippen LogP contribution is -2.37. The molecule has 0 spiro atoms. The predicted molar refractivity (Wildman–Crippen MR) is 183 cm³/mol. The van der Waals surface area contributed by atoms with E-state index >= 15 is 0 Å². The molecular formula is C33H42N10O5. The first-order valence-electron chi connectivity index (χ1n) is 15.9. The third kappa shape index (κ3) is 8.11. The van der Waals surface area contributed by atoms with Crippen LogP contribution in [0.4, 0.5) is 17.3 Å². The average molecular weight is 659 g/mol. The number of nitrogen functional groups attached to an aromatic ring is 1. The van der Waals surface area contributed by atoms with Crippen LogP contribution in [0.25, 0.3) is 11.0 Å². The van der Waals surface area contributed by atoms with Crippen LogP contribution in [0.3, 0.4) is 0 Å². The highest BCUT2D eigenvalue weighted by Crippen LogP contribution is 2.33. The van der Waals surface area contributed by atoms with Gasteiger partial charge in [0.05, 0.1) is 42.2 Å². The van der Waals surface area contributed by atoms with Crippen molar-refractivity contribution in [2.24, 2.45) is 11.5 Å². The van der Waals surface area contributed by atoms with Crippen molar-refractivity contribution in [2.75, 3.05) is 62.4 Å². The number of imidazole rings is 1. The van der Waals surface area contributed by atoms with Gasteiger partial charge in [-0.05, 0) is 56.7 Å². The Morgan fingerprint density at radius 3 is 2.54 bits per heavy atom. The number of carbonyl (C=O) groups is 3. The van der Waals surface area contributed by atoms with Crippen molar-refractivity contribution in [1.29, 1.82) is 0 Å². The lowest BCUT2D eigenvalue weighted by Gasteiger charge is -2.26. The molecule has 2 aromatic carbocycles. The van der Waals surface area contributed by atoms with E-state index in [0.717, 1.165) is 45.0 Å². The third-order valence-corrected chi connectivity index (χ3v) is 7.94. The molecule has 5 rings (SSSR count). The molecule has 3 amide bonds. The second-order valence-electron chi connectivity index (χ2n) is 11.4. The monoisotopic (exact) mass is 658 g/mol. The molecule has 0 atom stereocenters. The van der Waals surface area contributed by atoms with Crippen LogP contribution in [0.1, 0.15) is 50.2 Å². The summed E-state index contributed by atoms with van der Waals surface area (Å²) in [4.78, 5) is 43.9. The first kappa shape index (κ1) is 33.9. The fourth-order valence-corrected chi connectivity index (χ4v) is 5.50. The van der Waals surface area contributed by atoms with Crippen molar-refractivity contribution in [2.45, 2.75) is 33.4 Å². The molecule has 2 aromatic heterocycles. The van der Waals surface area contributed by atoms with Crippen LogP contribution in [0.15, 0.2) is 48.6 Å². The molecule has 48 heavy (non-hydrogen) atoms. The number of aryl methyl sites for hydroxylation is 2. The number of primary amides is 2. The summed E-state index contributed by atoms with van der Waals surface area (Å²) in [6, 6.07) is 9.79. The molecule has 1 fully saturated rings. The summed E-state index contributed by atoms with van der Waals surface area (Å²) in [5.74, 6) is -0.790. The lowest BCUT2D eigenvalue weighted by atomic mass is 10.1. The van der Waals surface area contributed by atoms with Gasteiger partial charge < -0.3 is 36.6 Å². The van der Waals surface area contributed by atoms with Gasteiger partial charge in [0.15, 0.2) is 0 Å². The predicted octanol–water partition coefficient (Wildman–Crippen LogP) is 2.36. The number of hydrogen-bond acceptors (Lipinski definition) is 10. The number of hydrogen-bond donors (Lipinski definition) is 5. The average Bonchev–Trinajstić information content (AvgIpc) is 3.62. The first-order chi connectivity index (χ1) is 23.1. The van der Waals surface area contributed by atoms with Crippen LogP contribution in [0.5, 0.6) is 5.75 Å². The topological polar surface area (TPSA) is 211 Å². The van der Waals surface area contributed by atoms with Gasteiger partial charge in [-0.3, -0.25) is 29.3 Å². The fourth-order valence-electron chi connectivity index (χ4n) is 5.50. The Morgan fingerprint density at radius 1 is 1.04 bits per heavy atom. The molecule has 254 valence electrons. The molecule has 0 saturated carbocycles. The number of nitrogens with two attached hydrogens (primary N) is 3. The number of benzene rings is 2. The summed E-state index contributed by atoms with van der Waals surface area (Å²) in [7, 11) is 0. The molecule has 0 unspecified atom stereocenters. The SMILES string of the molecule is CCn1nc(C)cc1C(=O)Nc1nc2cc(C(N)=O)ccc2n1CC=CCNc1c(N)cc(C(N)=O)cc1OCCCN1CCOCC1. The van der Waals surface area contributed by atoms with Gasteiger partial charge in [-0.15, -0.1) is 0 Å². The Kier molecular flexibility index (Phi) is 10.9. The second kappa shape index (κ2) is 15.5. The quantitative estimate of drug-likeness (QED) is 0.0715. The molecule has 15 heteroatoms. The standard InChI is InChI=1S/C33H42N10O5/c1-3-43-27(17-21(2)40-43)32(46)39-33-38-25-19-22(30(35)44)7-8-26(25)42(33)11-5-4-9-37-29-24(34)18-23(31(36)45)20-28(29)48-14-6-10-41-12-15-47-16-13-41/h4-5,7-8,17-20,37H,3,6,9-16,34H2,1-2H3,(H2,35,44)(H2,36,45)(H,38,39,46). The van der Waals surface area contributed by atoms with Crippen LogP contribution in [-0.2, 0) is 17.8 Å². The molecule has 8 N–H and O–H groups in total. The van der Waals surface area contributed by atoms with Crippen molar-refractivity contribution in [3.63, 3.8) is 0 Å². The first-order valence-corrected chi connectivity index (χ1v) is 15.9. The zero-order chi connectivity index (χ0) is 34.2. The highest BCUT2D eigenvalue weighted by Gasteiger charge is 2.19. The van der Waals surface area contributed by atoms with E-state index in [-0.39, 0.29) is 11.5 Å². The largest absolute Gasteiger partial charge is 0.491 e. The second-order valence-corrected chi connectivity index (χ2v) is 11.4. The smallest absolute Gasteiger partial charge is 0.276 e. The molecule has 1 aliphatic rings. The zero-order valence-electron chi connectivity index (χ0n) is 27.2. The summed E-state index contributed by atoms with van der Waals surface area (Å²) in [6.07, 6.45) is 4.59. The van der Waals surface area contributed by atoms with Crippen LogP contribution < -0.4 is 32.6 Å². The Balaban J connectivity index is 1.29. The number of rotatable bonds is 15. The highest BCUT2D eigenvalue weighted by molar-refractivity contribution is 6.03. The van der Waals surface area contributed by atoms with E-state index in [2.05, 4.69) is 25.6 Å². The number of carbonyl (C=O) groups excluding carboxylic acids is 3. The van der Waals surface area contributed by atoms with E-state index in [1.165, 1.54) is 6.07 Å². The number of allylic oxidation sites excluding steroid dienone is 1. The maximum Gasteiger partial charge on any atom is 0.276 e. The van der Waals surface area contributed by atoms with Gasteiger partial charge >= 0.3 is 0 Å². The minimum atomic E-state index is -0.598. The molecular weight excluding hydrogens is 616 g/mol. The maximum atomic E-state index is 13.3. The van der Waals surface area contributed by atoms with Gasteiger partial charge in [-0.2, -0.15) is 5.10 Å². The Labute approximate surface area is 278 Å². The van der Waals surface area contributed by atoms with Gasteiger partial charge in [-0.1, -0.05) is 12.2 Å². The number of morpholine rings is 1. The molecule has 0 bridgehead atoms. The van der Waals surface area contributed by atoms with E-state index < -0.39 is 11.8 Å². The number of nitrogens with one attached hydrogen (secondary N) is 2. The van der Waals surface area contributed by atoms with E-state index in [4.69, 9.17) is 26.7 Å². The number of aromatic nitrogens is 4. The van der Waals surface area contributed by atoms with Crippen LogP contribution in [0, 0.1) is 6.92 Å². The zero-order valence-corrected chi connectivity index (χ0v) is 27.2. The lowest BCUT2D eigenvalue weighted by molar-refractivity contribution is 0.0358. The molecule has 1 saturated heterocycles. The number of anilines is 3. The van der Waals surface area contributed by atoms with Crippen molar-refractivity contribution < 1.29 is 23.9 Å². The maximum absolute atomic E-state index is 13.3. The summed E-state index contributed by atoms with van der Waals surface area (Å²) in [5, 5.41) is 10.5. The molecule has 3 heterocycles. The number of ether oxygens (including phenoxy) is 2. The van der Waals surface area contributed by atoms with Crippen LogP contribution in [0.2, 0.25) is 0 Å².